The first-order valence-electron chi connectivity index (χ1n) is 11.3. The number of hydrogen-bond acceptors (Lipinski definition) is 5. The first-order chi connectivity index (χ1) is 15.7. The monoisotopic (exact) mass is 478 g/mol. The number of aryl methyl sites for hydroxylation is 1. The first kappa shape index (κ1) is 25.4. The second kappa shape index (κ2) is 11.8. The molecule has 2 aromatic carbocycles. The number of aliphatic carboxylic acids is 1. The molecule has 0 radical (unpaired) electrons. The van der Waals surface area contributed by atoms with Crippen molar-refractivity contribution >= 4 is 17.6 Å². The lowest BCUT2D eigenvalue weighted by molar-refractivity contribution is -0.136. The highest BCUT2D eigenvalue weighted by atomic mass is 35.5. The summed E-state index contributed by atoms with van der Waals surface area (Å²) < 4.78 is 19.4. The van der Waals surface area contributed by atoms with Gasteiger partial charge in [-0.25, -0.2) is 4.39 Å². The number of ether oxygens (including phenoxy) is 1. The molecule has 8 heteroatoms. The molecule has 33 heavy (non-hydrogen) atoms. The molecule has 0 aliphatic carbocycles. The van der Waals surface area contributed by atoms with E-state index in [-0.39, 0.29) is 25.2 Å². The van der Waals surface area contributed by atoms with E-state index in [0.29, 0.717) is 18.2 Å². The van der Waals surface area contributed by atoms with Gasteiger partial charge in [-0.1, -0.05) is 29.8 Å². The normalized spacial score (nSPS) is 17.0. The molecule has 1 aliphatic rings. The average Bonchev–Trinajstić information content (AvgIpc) is 2.78. The zero-order chi connectivity index (χ0) is 23.8. The molecule has 6 nitrogen and oxygen atoms in total. The molecule has 3 rings (SSSR count). The maximum absolute atomic E-state index is 13.7. The van der Waals surface area contributed by atoms with Gasteiger partial charge in [-0.15, -0.1) is 0 Å². The number of rotatable bonds is 11. The van der Waals surface area contributed by atoms with Crippen molar-refractivity contribution in [3.05, 3.63) is 64.4 Å². The third-order valence-electron chi connectivity index (χ3n) is 5.85. The van der Waals surface area contributed by atoms with Gasteiger partial charge in [-0.2, -0.15) is 0 Å². The predicted octanol–water partition coefficient (Wildman–Crippen LogP) is 3.88. The van der Waals surface area contributed by atoms with Gasteiger partial charge in [-0.3, -0.25) is 9.69 Å². The molecule has 2 aromatic rings. The number of piperidine rings is 1. The summed E-state index contributed by atoms with van der Waals surface area (Å²) >= 11 is 5.95. The molecule has 1 saturated heterocycles. The number of likely N-dealkylation sites (tertiary alicyclic amines) is 1. The van der Waals surface area contributed by atoms with Gasteiger partial charge in [0, 0.05) is 36.6 Å². The van der Waals surface area contributed by atoms with Crippen LogP contribution in [0.3, 0.4) is 0 Å². The van der Waals surface area contributed by atoms with Crippen LogP contribution < -0.4 is 10.1 Å². The minimum absolute atomic E-state index is 0.0288. The van der Waals surface area contributed by atoms with Gasteiger partial charge in [0.2, 0.25) is 0 Å². The zero-order valence-corrected chi connectivity index (χ0v) is 19.7. The van der Waals surface area contributed by atoms with E-state index in [1.165, 1.54) is 23.8 Å². The summed E-state index contributed by atoms with van der Waals surface area (Å²) in [5.41, 5.74) is 0.693. The highest BCUT2D eigenvalue weighted by Gasteiger charge is 2.26. The molecule has 0 aromatic heterocycles. The quantitative estimate of drug-likeness (QED) is 0.454. The van der Waals surface area contributed by atoms with Crippen LogP contribution in [-0.4, -0.2) is 59.0 Å². The van der Waals surface area contributed by atoms with Crippen LogP contribution in [0.25, 0.3) is 0 Å². The number of nitrogens with one attached hydrogen (secondary N) is 1. The number of carboxylic acids is 1. The summed E-state index contributed by atoms with van der Waals surface area (Å²) in [5, 5.41) is 23.8. The molecule has 3 N–H and O–H groups in total. The van der Waals surface area contributed by atoms with Gasteiger partial charge >= 0.3 is 5.97 Å². The lowest BCUT2D eigenvalue weighted by Crippen LogP contribution is -2.49. The van der Waals surface area contributed by atoms with Crippen LogP contribution in [0.1, 0.15) is 37.3 Å². The Morgan fingerprint density at radius 2 is 1.94 bits per heavy atom. The second-order valence-corrected chi connectivity index (χ2v) is 9.43. The number of carboxylic acid groups (broad SMARTS) is 1. The molecular formula is C25H32ClFN2O4. The Hall–Kier alpha value is -2.19. The Morgan fingerprint density at radius 3 is 2.61 bits per heavy atom. The van der Waals surface area contributed by atoms with Gasteiger partial charge in [0.15, 0.2) is 0 Å². The van der Waals surface area contributed by atoms with Gasteiger partial charge in [0.1, 0.15) is 23.8 Å². The number of aliphatic hydroxyl groups is 1. The van der Waals surface area contributed by atoms with Crippen LogP contribution in [0.4, 0.5) is 4.39 Å². The summed E-state index contributed by atoms with van der Waals surface area (Å²) in [5.74, 6) is -1.13. The Bertz CT molecular complexity index is 915. The van der Waals surface area contributed by atoms with Crippen LogP contribution in [0.5, 0.6) is 5.75 Å². The summed E-state index contributed by atoms with van der Waals surface area (Å²) in [6.07, 6.45) is 2.12. The van der Waals surface area contributed by atoms with Crippen LogP contribution in [0.2, 0.25) is 5.02 Å². The van der Waals surface area contributed by atoms with E-state index in [1.807, 2.05) is 12.1 Å². The number of nitrogens with zero attached hydrogens (tertiary/aromatic N) is 1. The van der Waals surface area contributed by atoms with Crippen molar-refractivity contribution in [3.8, 4) is 5.75 Å². The molecule has 0 bridgehead atoms. The molecule has 180 valence electrons. The summed E-state index contributed by atoms with van der Waals surface area (Å²) in [6, 6.07) is 12.3. The maximum atomic E-state index is 13.7. The number of hydrogen-bond donors (Lipinski definition) is 3. The van der Waals surface area contributed by atoms with Crippen LogP contribution in [0, 0.1) is 5.82 Å². The maximum Gasteiger partial charge on any atom is 0.303 e. The third kappa shape index (κ3) is 8.59. The van der Waals surface area contributed by atoms with E-state index in [2.05, 4.69) is 22.3 Å². The smallest absolute Gasteiger partial charge is 0.303 e. The Kier molecular flexibility index (Phi) is 9.09. The topological polar surface area (TPSA) is 82.0 Å². The lowest BCUT2D eigenvalue weighted by atomic mass is 10.0. The fourth-order valence-corrected chi connectivity index (χ4v) is 4.03. The van der Waals surface area contributed by atoms with E-state index in [4.69, 9.17) is 21.4 Å². The highest BCUT2D eigenvalue weighted by Crippen LogP contribution is 2.23. The lowest BCUT2D eigenvalue weighted by Gasteiger charge is -2.34. The van der Waals surface area contributed by atoms with Crippen molar-refractivity contribution in [2.24, 2.45) is 0 Å². The summed E-state index contributed by atoms with van der Waals surface area (Å²) in [4.78, 5) is 13.3. The van der Waals surface area contributed by atoms with Crippen molar-refractivity contribution in [2.45, 2.75) is 50.8 Å². The van der Waals surface area contributed by atoms with Crippen molar-refractivity contribution in [1.29, 1.82) is 0 Å². The van der Waals surface area contributed by atoms with Crippen molar-refractivity contribution in [1.82, 2.24) is 10.2 Å². The molecule has 1 aliphatic heterocycles. The van der Waals surface area contributed by atoms with E-state index < -0.39 is 17.4 Å². The second-order valence-electron chi connectivity index (χ2n) is 8.99. The minimum Gasteiger partial charge on any atom is -0.490 e. The number of halogens is 2. The number of benzene rings is 2. The van der Waals surface area contributed by atoms with E-state index in [0.717, 1.165) is 37.5 Å². The van der Waals surface area contributed by atoms with Gasteiger partial charge < -0.3 is 20.3 Å². The SMILES string of the molecule is C[C@](O)(CNC1CCN(Cc2ccc(Cl)cc2)CC1)COc1cc(F)ccc1CCC(=O)O. The molecule has 1 fully saturated rings. The predicted molar refractivity (Wildman–Crippen MR) is 126 cm³/mol. The average molecular weight is 479 g/mol. The summed E-state index contributed by atoms with van der Waals surface area (Å²) in [6.45, 7) is 4.82. The van der Waals surface area contributed by atoms with Crippen LogP contribution >= 0.6 is 11.6 Å². The summed E-state index contributed by atoms with van der Waals surface area (Å²) in [7, 11) is 0. The van der Waals surface area contributed by atoms with Crippen LogP contribution in [0.15, 0.2) is 42.5 Å². The van der Waals surface area contributed by atoms with Gasteiger partial charge in [0.05, 0.1) is 0 Å². The first-order valence-corrected chi connectivity index (χ1v) is 11.6. The molecule has 0 unspecified atom stereocenters. The largest absolute Gasteiger partial charge is 0.490 e. The van der Waals surface area contributed by atoms with Crippen molar-refractivity contribution in [2.75, 3.05) is 26.2 Å². The van der Waals surface area contributed by atoms with E-state index in [1.54, 1.807) is 6.92 Å². The molecule has 0 amide bonds. The molecule has 1 atom stereocenters. The third-order valence-corrected chi connectivity index (χ3v) is 6.11. The Balaban J connectivity index is 1.43. The Morgan fingerprint density at radius 1 is 1.24 bits per heavy atom. The zero-order valence-electron chi connectivity index (χ0n) is 18.9. The van der Waals surface area contributed by atoms with E-state index >= 15 is 0 Å². The molecule has 1 heterocycles. The van der Waals surface area contributed by atoms with Crippen molar-refractivity contribution in [3.63, 3.8) is 0 Å². The molecule has 0 saturated carbocycles. The van der Waals surface area contributed by atoms with Crippen molar-refractivity contribution < 1.29 is 24.1 Å². The fraction of sp³-hybridized carbons (Fsp3) is 0.480. The molecule has 0 spiro atoms. The van der Waals surface area contributed by atoms with Gasteiger partial charge in [-0.05, 0) is 68.6 Å². The fourth-order valence-electron chi connectivity index (χ4n) is 3.90. The highest BCUT2D eigenvalue weighted by molar-refractivity contribution is 6.30. The van der Waals surface area contributed by atoms with Crippen LogP contribution in [-0.2, 0) is 17.8 Å². The van der Waals surface area contributed by atoms with Gasteiger partial charge in [0.25, 0.3) is 0 Å². The van der Waals surface area contributed by atoms with E-state index in [9.17, 15) is 14.3 Å². The number of carbonyl (C=O) groups is 1. The Labute approximate surface area is 199 Å². The standard InChI is InChI=1S/C25H32ClFN2O4/c1-25(32,17-33-23-14-21(27)8-4-19(23)5-9-24(30)31)16-28-22-10-12-29(13-11-22)15-18-2-6-20(26)7-3-18/h2-4,6-8,14,22,28,32H,5,9-13,15-17H2,1H3,(H,30,31)/t25-/m0/s1. The minimum atomic E-state index is -1.16. The molecular weight excluding hydrogens is 447 g/mol.